The topological polar surface area (TPSA) is 66.4 Å². The minimum atomic E-state index is -5.09. The van der Waals surface area contributed by atoms with Gasteiger partial charge in [0.1, 0.15) is 4.88 Å². The molecule has 0 atom stereocenters. The number of thiophene rings is 1. The molecule has 1 heterocycles. The van der Waals surface area contributed by atoms with Gasteiger partial charge >= 0.3 is 18.1 Å². The number of hydrogen-bond acceptors (Lipinski definition) is 3. The third-order valence-electron chi connectivity index (χ3n) is 2.56. The number of nitrogens with one attached hydrogen (secondary N) is 1. The first kappa shape index (κ1) is 16.5. The van der Waals surface area contributed by atoms with Gasteiger partial charge in [0.25, 0.3) is 0 Å². The normalized spacial score (nSPS) is 11.3. The van der Waals surface area contributed by atoms with Gasteiger partial charge in [-0.2, -0.15) is 13.2 Å². The summed E-state index contributed by atoms with van der Waals surface area (Å²) in [6.07, 6.45) is -5.09. The number of benzene rings is 1. The molecule has 0 radical (unpaired) electrons. The summed E-state index contributed by atoms with van der Waals surface area (Å²) in [6.45, 7) is 0. The van der Waals surface area contributed by atoms with Gasteiger partial charge in [-0.25, -0.2) is 4.79 Å². The Morgan fingerprint density at radius 2 is 1.77 bits per heavy atom. The van der Waals surface area contributed by atoms with Crippen molar-refractivity contribution in [1.82, 2.24) is 0 Å². The maximum Gasteiger partial charge on any atom is 0.471 e. The second kappa shape index (κ2) is 6.09. The summed E-state index contributed by atoms with van der Waals surface area (Å²) in [5, 5.41) is 10.6. The lowest BCUT2D eigenvalue weighted by atomic mass is 10.2. The molecule has 1 amide bonds. The van der Waals surface area contributed by atoms with Gasteiger partial charge in [-0.1, -0.05) is 28.1 Å². The van der Waals surface area contributed by atoms with E-state index in [1.807, 2.05) is 0 Å². The fourth-order valence-electron chi connectivity index (χ4n) is 1.59. The molecule has 0 saturated carbocycles. The molecular weight excluding hydrogens is 387 g/mol. The van der Waals surface area contributed by atoms with Crippen LogP contribution < -0.4 is 5.32 Å². The van der Waals surface area contributed by atoms with Gasteiger partial charge in [-0.15, -0.1) is 11.3 Å². The number of carbonyl (C=O) groups is 2. The molecular formula is C13H7BrF3NO3S. The fraction of sp³-hybridized carbons (Fsp3) is 0.0769. The number of alkyl halides is 3. The third kappa shape index (κ3) is 3.66. The molecule has 1 aromatic carbocycles. The number of aromatic carboxylic acids is 1. The highest BCUT2D eigenvalue weighted by molar-refractivity contribution is 9.10. The molecule has 2 aromatic rings. The third-order valence-corrected chi connectivity index (χ3v) is 4.26. The lowest BCUT2D eigenvalue weighted by Crippen LogP contribution is -2.30. The monoisotopic (exact) mass is 393 g/mol. The van der Waals surface area contributed by atoms with Crippen LogP contribution in [0.5, 0.6) is 0 Å². The maximum absolute atomic E-state index is 12.3. The first-order valence-corrected chi connectivity index (χ1v) is 7.30. The van der Waals surface area contributed by atoms with E-state index in [4.69, 9.17) is 5.11 Å². The van der Waals surface area contributed by atoms with E-state index < -0.39 is 18.1 Å². The Bertz CT molecular complexity index is 725. The number of carboxylic acid groups (broad SMARTS) is 1. The molecule has 0 fully saturated rings. The highest BCUT2D eigenvalue weighted by atomic mass is 79.9. The average Bonchev–Trinajstić information content (AvgIpc) is 2.82. The maximum atomic E-state index is 12.3. The Hall–Kier alpha value is -1.87. The highest BCUT2D eigenvalue weighted by Gasteiger charge is 2.39. The summed E-state index contributed by atoms with van der Waals surface area (Å²) >= 11 is 4.02. The summed E-state index contributed by atoms with van der Waals surface area (Å²) < 4.78 is 37.6. The number of carboxylic acids is 1. The molecule has 0 saturated heterocycles. The van der Waals surface area contributed by atoms with Gasteiger partial charge in [0, 0.05) is 9.35 Å². The molecule has 0 unspecified atom stereocenters. The number of carbonyl (C=O) groups excluding carboxylic acids is 1. The molecule has 0 spiro atoms. The molecule has 0 aliphatic heterocycles. The SMILES string of the molecule is O=C(O)c1sc(-c2ccc(Br)cc2)cc1NC(=O)C(F)(F)F. The lowest BCUT2D eigenvalue weighted by Gasteiger charge is -2.06. The van der Waals surface area contributed by atoms with Crippen LogP contribution in [0, 0.1) is 0 Å². The van der Waals surface area contributed by atoms with E-state index in [9.17, 15) is 22.8 Å². The number of anilines is 1. The van der Waals surface area contributed by atoms with E-state index in [0.29, 0.717) is 10.4 Å². The molecule has 9 heteroatoms. The minimum Gasteiger partial charge on any atom is -0.477 e. The van der Waals surface area contributed by atoms with E-state index in [2.05, 4.69) is 15.9 Å². The van der Waals surface area contributed by atoms with Crippen molar-refractivity contribution < 1.29 is 27.9 Å². The Labute approximate surface area is 134 Å². The second-order valence-electron chi connectivity index (χ2n) is 4.12. The van der Waals surface area contributed by atoms with E-state index in [1.54, 1.807) is 29.6 Å². The van der Waals surface area contributed by atoms with E-state index in [0.717, 1.165) is 15.8 Å². The summed E-state index contributed by atoms with van der Waals surface area (Å²) in [6, 6.07) is 7.99. The summed E-state index contributed by atoms with van der Waals surface area (Å²) in [5.41, 5.74) is 0.251. The number of halogens is 4. The zero-order valence-electron chi connectivity index (χ0n) is 10.6. The van der Waals surface area contributed by atoms with Crippen LogP contribution in [0.25, 0.3) is 10.4 Å². The van der Waals surface area contributed by atoms with Gasteiger partial charge in [-0.05, 0) is 23.8 Å². The predicted molar refractivity (Wildman–Crippen MR) is 79.1 cm³/mol. The summed E-state index contributed by atoms with van der Waals surface area (Å²) in [4.78, 5) is 22.2. The Morgan fingerprint density at radius 3 is 2.27 bits per heavy atom. The van der Waals surface area contributed by atoms with Crippen molar-refractivity contribution in [2.45, 2.75) is 6.18 Å². The fourth-order valence-corrected chi connectivity index (χ4v) is 2.81. The van der Waals surface area contributed by atoms with Crippen LogP contribution >= 0.6 is 27.3 Å². The van der Waals surface area contributed by atoms with Crippen molar-refractivity contribution in [3.05, 3.63) is 39.7 Å². The van der Waals surface area contributed by atoms with E-state index in [-0.39, 0.29) is 10.6 Å². The van der Waals surface area contributed by atoms with Gasteiger partial charge in [0.15, 0.2) is 0 Å². The van der Waals surface area contributed by atoms with Crippen LogP contribution in [-0.4, -0.2) is 23.2 Å². The van der Waals surface area contributed by atoms with Crippen LogP contribution in [0.4, 0.5) is 18.9 Å². The molecule has 2 N–H and O–H groups in total. The summed E-state index contributed by atoms with van der Waals surface area (Å²) in [7, 11) is 0. The van der Waals surface area contributed by atoms with E-state index >= 15 is 0 Å². The van der Waals surface area contributed by atoms with Gasteiger partial charge in [0.05, 0.1) is 5.69 Å². The Kier molecular flexibility index (Phi) is 4.57. The van der Waals surface area contributed by atoms with Crippen molar-refractivity contribution in [3.8, 4) is 10.4 Å². The zero-order chi connectivity index (χ0) is 16.5. The van der Waals surface area contributed by atoms with Crippen molar-refractivity contribution >= 4 is 44.8 Å². The minimum absolute atomic E-state index is 0.365. The van der Waals surface area contributed by atoms with Crippen LogP contribution in [0.3, 0.4) is 0 Å². The smallest absolute Gasteiger partial charge is 0.471 e. The molecule has 0 aliphatic carbocycles. The van der Waals surface area contributed by atoms with Crippen molar-refractivity contribution in [3.63, 3.8) is 0 Å². The van der Waals surface area contributed by atoms with Gasteiger partial charge in [0.2, 0.25) is 0 Å². The average molecular weight is 394 g/mol. The number of rotatable bonds is 3. The number of hydrogen-bond donors (Lipinski definition) is 2. The van der Waals surface area contributed by atoms with Crippen molar-refractivity contribution in [1.29, 1.82) is 0 Å². The number of amides is 1. The van der Waals surface area contributed by atoms with Crippen LogP contribution in [0.1, 0.15) is 9.67 Å². The highest BCUT2D eigenvalue weighted by Crippen LogP contribution is 2.36. The van der Waals surface area contributed by atoms with E-state index in [1.165, 1.54) is 6.07 Å². The largest absolute Gasteiger partial charge is 0.477 e. The lowest BCUT2D eigenvalue weighted by molar-refractivity contribution is -0.167. The predicted octanol–water partition coefficient (Wildman–Crippen LogP) is 4.38. The van der Waals surface area contributed by atoms with Gasteiger partial charge in [-0.3, -0.25) is 4.79 Å². The molecule has 4 nitrogen and oxygen atoms in total. The molecule has 116 valence electrons. The quantitative estimate of drug-likeness (QED) is 0.812. The summed E-state index contributed by atoms with van der Waals surface area (Å²) in [5.74, 6) is -3.62. The van der Waals surface area contributed by atoms with Crippen LogP contribution in [0.2, 0.25) is 0 Å². The Balaban J connectivity index is 2.40. The standard InChI is InChI=1S/C13H7BrF3NO3S/c14-7-3-1-6(2-4-7)9-5-8(10(22-9)11(19)20)18-12(21)13(15,16)17/h1-5H,(H,18,21)(H,19,20). The van der Waals surface area contributed by atoms with Crippen LogP contribution in [0.15, 0.2) is 34.8 Å². The Morgan fingerprint density at radius 1 is 1.18 bits per heavy atom. The molecule has 22 heavy (non-hydrogen) atoms. The van der Waals surface area contributed by atoms with Gasteiger partial charge < -0.3 is 10.4 Å². The second-order valence-corrected chi connectivity index (χ2v) is 6.09. The van der Waals surface area contributed by atoms with Crippen molar-refractivity contribution in [2.24, 2.45) is 0 Å². The van der Waals surface area contributed by atoms with Crippen LogP contribution in [-0.2, 0) is 4.79 Å². The van der Waals surface area contributed by atoms with Crippen molar-refractivity contribution in [2.75, 3.05) is 5.32 Å². The first-order valence-electron chi connectivity index (χ1n) is 5.69. The molecule has 0 aliphatic rings. The molecule has 0 bridgehead atoms. The molecule has 2 rings (SSSR count). The molecule has 1 aromatic heterocycles. The first-order chi connectivity index (χ1) is 10.2. The zero-order valence-corrected chi connectivity index (χ0v) is 13.0.